The molecular weight excluding hydrogens is 370 g/mol. The fourth-order valence-corrected chi connectivity index (χ4v) is 3.18. The molecule has 0 spiro atoms. The molecule has 0 amide bonds. The molecule has 0 fully saturated rings. The van der Waals surface area contributed by atoms with Gasteiger partial charge >= 0.3 is 0 Å². The van der Waals surface area contributed by atoms with E-state index < -0.39 is 0 Å². The Morgan fingerprint density at radius 2 is 1.61 bits per heavy atom. The SMILES string of the molecule is CCCCCCCCCCCCNC(=S)N/N=C/c1cccc(OC)c1OC. The highest BCUT2D eigenvalue weighted by molar-refractivity contribution is 7.80. The number of rotatable bonds is 15. The van der Waals surface area contributed by atoms with Crippen LogP contribution in [0.3, 0.4) is 0 Å². The second-order valence-electron chi connectivity index (χ2n) is 6.89. The third kappa shape index (κ3) is 10.5. The van der Waals surface area contributed by atoms with E-state index in [4.69, 9.17) is 21.7 Å². The van der Waals surface area contributed by atoms with Crippen LogP contribution in [0.2, 0.25) is 0 Å². The van der Waals surface area contributed by atoms with Crippen LogP contribution in [-0.2, 0) is 0 Å². The number of unbranched alkanes of at least 4 members (excludes halogenated alkanes) is 9. The number of benzene rings is 1. The van der Waals surface area contributed by atoms with Crippen LogP contribution in [0.15, 0.2) is 23.3 Å². The van der Waals surface area contributed by atoms with Gasteiger partial charge in [0, 0.05) is 12.1 Å². The van der Waals surface area contributed by atoms with E-state index in [2.05, 4.69) is 22.8 Å². The number of thiocarbonyl (C=S) groups is 1. The molecule has 0 saturated heterocycles. The minimum Gasteiger partial charge on any atom is -0.493 e. The molecule has 0 aliphatic carbocycles. The monoisotopic (exact) mass is 407 g/mol. The quantitative estimate of drug-likeness (QED) is 0.176. The highest BCUT2D eigenvalue weighted by Crippen LogP contribution is 2.29. The average Bonchev–Trinajstić information content (AvgIpc) is 2.71. The van der Waals surface area contributed by atoms with Crippen molar-refractivity contribution in [1.82, 2.24) is 10.7 Å². The first-order valence-corrected chi connectivity index (χ1v) is 10.9. The van der Waals surface area contributed by atoms with Crippen molar-refractivity contribution < 1.29 is 9.47 Å². The van der Waals surface area contributed by atoms with Gasteiger partial charge in [-0.3, -0.25) is 5.43 Å². The number of hydrogen-bond acceptors (Lipinski definition) is 4. The van der Waals surface area contributed by atoms with Crippen LogP contribution in [0.25, 0.3) is 0 Å². The standard InChI is InChI=1S/C22H37N3O2S/c1-4-5-6-7-8-9-10-11-12-13-17-23-22(28)25-24-18-19-15-14-16-20(26-2)21(19)27-3/h14-16,18H,4-13,17H2,1-3H3,(H2,23,25,28)/b24-18+. The fourth-order valence-electron chi connectivity index (χ4n) is 3.03. The van der Waals surface area contributed by atoms with Gasteiger partial charge < -0.3 is 14.8 Å². The molecule has 0 aromatic heterocycles. The normalized spacial score (nSPS) is 10.8. The van der Waals surface area contributed by atoms with Gasteiger partial charge in [-0.2, -0.15) is 5.10 Å². The highest BCUT2D eigenvalue weighted by Gasteiger charge is 2.07. The van der Waals surface area contributed by atoms with Crippen molar-refractivity contribution in [2.45, 2.75) is 71.1 Å². The number of hydrazone groups is 1. The summed E-state index contributed by atoms with van der Waals surface area (Å²) in [5, 5.41) is 7.91. The summed E-state index contributed by atoms with van der Waals surface area (Å²) < 4.78 is 10.7. The van der Waals surface area contributed by atoms with Gasteiger partial charge in [-0.25, -0.2) is 0 Å². The molecule has 0 aliphatic rings. The van der Waals surface area contributed by atoms with Gasteiger partial charge in [0.15, 0.2) is 16.6 Å². The Bertz CT molecular complexity index is 579. The second kappa shape index (κ2) is 16.2. The molecule has 2 N–H and O–H groups in total. The summed E-state index contributed by atoms with van der Waals surface area (Å²) in [4.78, 5) is 0. The number of nitrogens with zero attached hydrogens (tertiary/aromatic N) is 1. The van der Waals surface area contributed by atoms with Gasteiger partial charge in [0.05, 0.1) is 20.4 Å². The van der Waals surface area contributed by atoms with Crippen LogP contribution in [0, 0.1) is 0 Å². The molecule has 5 nitrogen and oxygen atoms in total. The lowest BCUT2D eigenvalue weighted by Gasteiger charge is -2.10. The number of hydrogen-bond donors (Lipinski definition) is 2. The molecule has 1 aromatic carbocycles. The maximum absolute atomic E-state index is 5.38. The first-order chi connectivity index (χ1) is 13.7. The Balaban J connectivity index is 2.11. The Morgan fingerprint density at radius 3 is 2.21 bits per heavy atom. The third-order valence-corrected chi connectivity index (χ3v) is 4.85. The van der Waals surface area contributed by atoms with Gasteiger partial charge in [-0.15, -0.1) is 0 Å². The van der Waals surface area contributed by atoms with Crippen LogP contribution in [0.4, 0.5) is 0 Å². The van der Waals surface area contributed by atoms with E-state index in [-0.39, 0.29) is 0 Å². The molecule has 0 heterocycles. The van der Waals surface area contributed by atoms with E-state index in [9.17, 15) is 0 Å². The van der Waals surface area contributed by atoms with Crippen molar-refractivity contribution in [3.63, 3.8) is 0 Å². The summed E-state index contributed by atoms with van der Waals surface area (Å²) in [6, 6.07) is 5.65. The van der Waals surface area contributed by atoms with Crippen molar-refractivity contribution in [2.24, 2.45) is 5.10 Å². The lowest BCUT2D eigenvalue weighted by atomic mass is 10.1. The van der Waals surface area contributed by atoms with Gasteiger partial charge in [0.2, 0.25) is 0 Å². The van der Waals surface area contributed by atoms with Crippen molar-refractivity contribution in [3.8, 4) is 11.5 Å². The highest BCUT2D eigenvalue weighted by atomic mass is 32.1. The molecule has 0 radical (unpaired) electrons. The minimum absolute atomic E-state index is 0.536. The summed E-state index contributed by atoms with van der Waals surface area (Å²) >= 11 is 5.26. The van der Waals surface area contributed by atoms with E-state index in [1.54, 1.807) is 20.4 Å². The first kappa shape index (κ1) is 24.2. The largest absolute Gasteiger partial charge is 0.493 e. The van der Waals surface area contributed by atoms with Crippen LogP contribution >= 0.6 is 12.2 Å². The maximum Gasteiger partial charge on any atom is 0.186 e. The van der Waals surface area contributed by atoms with E-state index in [1.807, 2.05) is 18.2 Å². The predicted molar refractivity (Wildman–Crippen MR) is 123 cm³/mol. The molecule has 1 rings (SSSR count). The molecule has 0 atom stereocenters. The zero-order valence-corrected chi connectivity index (χ0v) is 18.6. The molecule has 0 saturated carbocycles. The van der Waals surface area contributed by atoms with Crippen molar-refractivity contribution in [3.05, 3.63) is 23.8 Å². The zero-order valence-electron chi connectivity index (χ0n) is 17.8. The Kier molecular flexibility index (Phi) is 14.0. The first-order valence-electron chi connectivity index (χ1n) is 10.5. The van der Waals surface area contributed by atoms with Crippen LogP contribution in [0.5, 0.6) is 11.5 Å². The number of ether oxygens (including phenoxy) is 2. The summed E-state index contributed by atoms with van der Waals surface area (Å²) in [6.45, 7) is 3.14. The number of methoxy groups -OCH3 is 2. The third-order valence-electron chi connectivity index (χ3n) is 4.62. The summed E-state index contributed by atoms with van der Waals surface area (Å²) in [5.41, 5.74) is 3.67. The topological polar surface area (TPSA) is 54.9 Å². The second-order valence-corrected chi connectivity index (χ2v) is 7.30. The minimum atomic E-state index is 0.536. The van der Waals surface area contributed by atoms with Gasteiger partial charge in [-0.1, -0.05) is 70.8 Å². The molecule has 0 aliphatic heterocycles. The van der Waals surface area contributed by atoms with E-state index in [1.165, 1.54) is 57.8 Å². The van der Waals surface area contributed by atoms with E-state index in [0.717, 1.165) is 18.5 Å². The Labute approximate surface area is 176 Å². The number of nitrogens with one attached hydrogen (secondary N) is 2. The predicted octanol–water partition coefficient (Wildman–Crippen LogP) is 5.42. The fraction of sp³-hybridized carbons (Fsp3) is 0.636. The molecule has 1 aromatic rings. The lowest BCUT2D eigenvalue weighted by Crippen LogP contribution is -2.32. The smallest absolute Gasteiger partial charge is 0.186 e. The Morgan fingerprint density at radius 1 is 0.964 bits per heavy atom. The lowest BCUT2D eigenvalue weighted by molar-refractivity contribution is 0.354. The molecule has 0 bridgehead atoms. The van der Waals surface area contributed by atoms with Crippen LogP contribution in [-0.4, -0.2) is 32.1 Å². The molecule has 28 heavy (non-hydrogen) atoms. The summed E-state index contributed by atoms with van der Waals surface area (Å²) in [6.07, 6.45) is 15.0. The van der Waals surface area contributed by atoms with Crippen molar-refractivity contribution in [1.29, 1.82) is 0 Å². The van der Waals surface area contributed by atoms with Gasteiger partial charge in [-0.05, 0) is 30.8 Å². The van der Waals surface area contributed by atoms with Gasteiger partial charge in [0.25, 0.3) is 0 Å². The summed E-state index contributed by atoms with van der Waals surface area (Å²) in [5.74, 6) is 1.33. The zero-order chi connectivity index (χ0) is 20.5. The maximum atomic E-state index is 5.38. The molecule has 0 unspecified atom stereocenters. The molecule has 6 heteroatoms. The van der Waals surface area contributed by atoms with E-state index >= 15 is 0 Å². The van der Waals surface area contributed by atoms with Crippen molar-refractivity contribution >= 4 is 23.5 Å². The molecule has 158 valence electrons. The summed E-state index contributed by atoms with van der Waals surface area (Å²) in [7, 11) is 3.23. The number of para-hydroxylation sites is 1. The van der Waals surface area contributed by atoms with Crippen molar-refractivity contribution in [2.75, 3.05) is 20.8 Å². The van der Waals surface area contributed by atoms with Crippen LogP contribution in [0.1, 0.15) is 76.7 Å². The van der Waals surface area contributed by atoms with Crippen LogP contribution < -0.4 is 20.2 Å². The Hall–Kier alpha value is -1.82. The van der Waals surface area contributed by atoms with Gasteiger partial charge in [0.1, 0.15) is 0 Å². The van der Waals surface area contributed by atoms with E-state index in [0.29, 0.717) is 16.6 Å². The average molecular weight is 408 g/mol. The molecular formula is C22H37N3O2S.